The van der Waals surface area contributed by atoms with E-state index in [0.717, 1.165) is 6.42 Å². The van der Waals surface area contributed by atoms with Crippen LogP contribution in [0.1, 0.15) is 44.6 Å². The van der Waals surface area contributed by atoms with E-state index in [-0.39, 0.29) is 17.8 Å². The first-order valence-electron chi connectivity index (χ1n) is 8.40. The second-order valence-electron chi connectivity index (χ2n) is 6.93. The number of esters is 1. The standard InChI is InChI=1S/C17H26N4O4/c1-6-12-11-20(7-8-21(12)16(23)25-17(2,3)4)14-10-18-13(9-19-14)15(22)24-5/h9-10,12H,6-8,11H2,1-5H3/t12-/m0/s1. The van der Waals surface area contributed by atoms with Crippen LogP contribution in [0.2, 0.25) is 0 Å². The van der Waals surface area contributed by atoms with Crippen LogP contribution in [0.4, 0.5) is 10.6 Å². The van der Waals surface area contributed by atoms with Crippen LogP contribution in [0.5, 0.6) is 0 Å². The number of aromatic nitrogens is 2. The molecule has 0 bridgehead atoms. The third kappa shape index (κ3) is 4.80. The number of ether oxygens (including phenoxy) is 2. The molecule has 1 aliphatic rings. The van der Waals surface area contributed by atoms with E-state index in [1.54, 1.807) is 11.1 Å². The number of piperazine rings is 1. The van der Waals surface area contributed by atoms with Crippen molar-refractivity contribution < 1.29 is 19.1 Å². The fourth-order valence-corrected chi connectivity index (χ4v) is 2.67. The Morgan fingerprint density at radius 1 is 1.24 bits per heavy atom. The van der Waals surface area contributed by atoms with Gasteiger partial charge in [-0.3, -0.25) is 0 Å². The molecular formula is C17H26N4O4. The molecule has 138 valence electrons. The third-order valence-electron chi connectivity index (χ3n) is 3.94. The van der Waals surface area contributed by atoms with Crippen molar-refractivity contribution in [2.24, 2.45) is 0 Å². The molecule has 1 aromatic rings. The predicted octanol–water partition coefficient (Wildman–Crippen LogP) is 2.10. The van der Waals surface area contributed by atoms with Crippen LogP contribution in [-0.4, -0.2) is 65.3 Å². The number of amides is 1. The first-order valence-corrected chi connectivity index (χ1v) is 8.40. The van der Waals surface area contributed by atoms with Gasteiger partial charge in [-0.2, -0.15) is 0 Å². The lowest BCUT2D eigenvalue weighted by Crippen LogP contribution is -2.56. The molecule has 2 rings (SSSR count). The van der Waals surface area contributed by atoms with Gasteiger partial charge in [0, 0.05) is 19.6 Å². The van der Waals surface area contributed by atoms with Crippen molar-refractivity contribution in [1.29, 1.82) is 0 Å². The highest BCUT2D eigenvalue weighted by Gasteiger charge is 2.32. The molecule has 0 aromatic carbocycles. The SMILES string of the molecule is CC[C@H]1CN(c2cnc(C(=O)OC)cn2)CCN1C(=O)OC(C)(C)C. The van der Waals surface area contributed by atoms with Crippen LogP contribution < -0.4 is 4.90 Å². The Hall–Kier alpha value is -2.38. The number of nitrogens with zero attached hydrogens (tertiary/aromatic N) is 4. The number of anilines is 1. The van der Waals surface area contributed by atoms with Crippen molar-refractivity contribution in [2.45, 2.75) is 45.8 Å². The summed E-state index contributed by atoms with van der Waals surface area (Å²) in [6.45, 7) is 9.44. The van der Waals surface area contributed by atoms with Crippen LogP contribution in [0.15, 0.2) is 12.4 Å². The minimum Gasteiger partial charge on any atom is -0.464 e. The summed E-state index contributed by atoms with van der Waals surface area (Å²) in [6.07, 6.45) is 3.49. The number of rotatable bonds is 3. The molecule has 0 N–H and O–H groups in total. The van der Waals surface area contributed by atoms with Gasteiger partial charge in [-0.15, -0.1) is 0 Å². The maximum absolute atomic E-state index is 12.4. The molecule has 1 saturated heterocycles. The minimum absolute atomic E-state index is 0.0330. The molecule has 1 aliphatic heterocycles. The maximum Gasteiger partial charge on any atom is 0.410 e. The summed E-state index contributed by atoms with van der Waals surface area (Å²) in [5.41, 5.74) is -0.340. The zero-order valence-corrected chi connectivity index (χ0v) is 15.5. The number of methoxy groups -OCH3 is 1. The normalized spacial score (nSPS) is 18.0. The molecule has 0 spiro atoms. The van der Waals surface area contributed by atoms with Crippen LogP contribution >= 0.6 is 0 Å². The van der Waals surface area contributed by atoms with Crippen molar-refractivity contribution in [2.75, 3.05) is 31.6 Å². The van der Waals surface area contributed by atoms with Crippen LogP contribution in [0.3, 0.4) is 0 Å². The van der Waals surface area contributed by atoms with Gasteiger partial charge in [-0.25, -0.2) is 19.6 Å². The summed E-state index contributed by atoms with van der Waals surface area (Å²) >= 11 is 0. The summed E-state index contributed by atoms with van der Waals surface area (Å²) in [7, 11) is 1.31. The molecule has 8 nitrogen and oxygen atoms in total. The van der Waals surface area contributed by atoms with Crippen LogP contribution in [0.25, 0.3) is 0 Å². The molecule has 1 fully saturated rings. The molecule has 1 aromatic heterocycles. The largest absolute Gasteiger partial charge is 0.464 e. The summed E-state index contributed by atoms with van der Waals surface area (Å²) in [4.78, 5) is 36.0. The van der Waals surface area contributed by atoms with Crippen LogP contribution in [-0.2, 0) is 9.47 Å². The van der Waals surface area contributed by atoms with E-state index in [0.29, 0.717) is 25.5 Å². The number of carbonyl (C=O) groups excluding carboxylic acids is 2. The molecule has 2 heterocycles. The average molecular weight is 350 g/mol. The Kier molecular flexibility index (Phi) is 5.81. The molecule has 1 atom stereocenters. The Labute approximate surface area is 148 Å². The van der Waals surface area contributed by atoms with E-state index in [1.807, 2.05) is 27.7 Å². The van der Waals surface area contributed by atoms with E-state index in [9.17, 15) is 9.59 Å². The average Bonchev–Trinajstić information content (AvgIpc) is 2.59. The molecular weight excluding hydrogens is 324 g/mol. The predicted molar refractivity (Wildman–Crippen MR) is 92.6 cm³/mol. The highest BCUT2D eigenvalue weighted by Crippen LogP contribution is 2.21. The van der Waals surface area contributed by atoms with E-state index in [2.05, 4.69) is 19.6 Å². The summed E-state index contributed by atoms with van der Waals surface area (Å²) < 4.78 is 10.1. The molecule has 8 heteroatoms. The van der Waals surface area contributed by atoms with Gasteiger partial charge in [0.15, 0.2) is 5.69 Å². The second-order valence-corrected chi connectivity index (χ2v) is 6.93. The van der Waals surface area contributed by atoms with Gasteiger partial charge in [0.2, 0.25) is 0 Å². The van der Waals surface area contributed by atoms with Gasteiger partial charge in [-0.1, -0.05) is 6.92 Å². The fourth-order valence-electron chi connectivity index (χ4n) is 2.67. The summed E-state index contributed by atoms with van der Waals surface area (Å²) in [6, 6.07) is 0.0330. The van der Waals surface area contributed by atoms with Crippen molar-refractivity contribution in [3.8, 4) is 0 Å². The Balaban J connectivity index is 2.05. The highest BCUT2D eigenvalue weighted by atomic mass is 16.6. The Morgan fingerprint density at radius 3 is 2.48 bits per heavy atom. The van der Waals surface area contributed by atoms with Gasteiger partial charge in [0.05, 0.1) is 25.5 Å². The number of carbonyl (C=O) groups is 2. The van der Waals surface area contributed by atoms with Crippen molar-refractivity contribution in [3.05, 3.63) is 18.1 Å². The van der Waals surface area contributed by atoms with Crippen LogP contribution in [0, 0.1) is 0 Å². The minimum atomic E-state index is -0.514. The van der Waals surface area contributed by atoms with Gasteiger partial charge in [-0.05, 0) is 27.2 Å². The lowest BCUT2D eigenvalue weighted by molar-refractivity contribution is 0.0136. The second kappa shape index (κ2) is 7.67. The first-order chi connectivity index (χ1) is 11.7. The third-order valence-corrected chi connectivity index (χ3v) is 3.94. The molecule has 0 radical (unpaired) electrons. The van der Waals surface area contributed by atoms with Gasteiger partial charge < -0.3 is 19.3 Å². The van der Waals surface area contributed by atoms with Crippen molar-refractivity contribution in [1.82, 2.24) is 14.9 Å². The molecule has 0 saturated carbocycles. The van der Waals surface area contributed by atoms with Gasteiger partial charge in [0.25, 0.3) is 0 Å². The number of hydrogen-bond acceptors (Lipinski definition) is 7. The topological polar surface area (TPSA) is 84.9 Å². The van der Waals surface area contributed by atoms with E-state index < -0.39 is 11.6 Å². The lowest BCUT2D eigenvalue weighted by Gasteiger charge is -2.41. The summed E-state index contributed by atoms with van der Waals surface area (Å²) in [5.74, 6) is 0.162. The Bertz CT molecular complexity index is 612. The fraction of sp³-hybridized carbons (Fsp3) is 0.647. The lowest BCUT2D eigenvalue weighted by atomic mass is 10.1. The molecule has 0 unspecified atom stereocenters. The maximum atomic E-state index is 12.4. The van der Waals surface area contributed by atoms with E-state index >= 15 is 0 Å². The molecule has 1 amide bonds. The quantitative estimate of drug-likeness (QED) is 0.772. The first kappa shape index (κ1) is 19.0. The zero-order valence-electron chi connectivity index (χ0n) is 15.5. The van der Waals surface area contributed by atoms with Gasteiger partial charge >= 0.3 is 12.1 Å². The smallest absolute Gasteiger partial charge is 0.410 e. The van der Waals surface area contributed by atoms with Gasteiger partial charge in [0.1, 0.15) is 11.4 Å². The summed E-state index contributed by atoms with van der Waals surface area (Å²) in [5, 5.41) is 0. The van der Waals surface area contributed by atoms with E-state index in [1.165, 1.54) is 13.3 Å². The number of hydrogen-bond donors (Lipinski definition) is 0. The molecule has 0 aliphatic carbocycles. The van der Waals surface area contributed by atoms with Crippen molar-refractivity contribution in [3.63, 3.8) is 0 Å². The van der Waals surface area contributed by atoms with E-state index in [4.69, 9.17) is 4.74 Å². The highest BCUT2D eigenvalue weighted by molar-refractivity contribution is 5.86. The van der Waals surface area contributed by atoms with Crippen molar-refractivity contribution >= 4 is 17.9 Å². The monoisotopic (exact) mass is 350 g/mol. The Morgan fingerprint density at radius 2 is 1.96 bits per heavy atom. The zero-order chi connectivity index (χ0) is 18.6. The molecule has 25 heavy (non-hydrogen) atoms.